The molecule has 7 heteroatoms. The molecule has 37 heavy (non-hydrogen) atoms. The van der Waals surface area contributed by atoms with Crippen molar-refractivity contribution in [2.45, 2.75) is 59.2 Å². The molecule has 3 aromatic rings. The van der Waals surface area contributed by atoms with E-state index in [1.807, 2.05) is 83.1 Å². The Morgan fingerprint density at radius 1 is 0.946 bits per heavy atom. The lowest BCUT2D eigenvalue weighted by Gasteiger charge is -2.34. The summed E-state index contributed by atoms with van der Waals surface area (Å²) in [6.45, 7) is 9.44. The molecule has 0 saturated heterocycles. The van der Waals surface area contributed by atoms with Gasteiger partial charge in [0.1, 0.15) is 11.8 Å². The lowest BCUT2D eigenvalue weighted by atomic mass is 10.0. The van der Waals surface area contributed by atoms with Gasteiger partial charge in [0.2, 0.25) is 5.91 Å². The molecule has 0 fully saturated rings. The van der Waals surface area contributed by atoms with Crippen molar-refractivity contribution in [1.82, 2.24) is 10.2 Å². The van der Waals surface area contributed by atoms with E-state index in [0.29, 0.717) is 27.8 Å². The normalized spacial score (nSPS) is 12.1. The highest BCUT2D eigenvalue weighted by atomic mass is 35.5. The van der Waals surface area contributed by atoms with Gasteiger partial charge in [-0.3, -0.25) is 9.59 Å². The molecule has 0 spiro atoms. The number of aryl methyl sites for hydroxylation is 2. The third-order valence-electron chi connectivity index (χ3n) is 5.85. The summed E-state index contributed by atoms with van der Waals surface area (Å²) < 4.78 is 5.95. The third kappa shape index (κ3) is 8.24. The van der Waals surface area contributed by atoms with Crippen LogP contribution in [0.1, 0.15) is 43.0 Å². The molecule has 3 rings (SSSR count). The molecule has 0 radical (unpaired) electrons. The van der Waals surface area contributed by atoms with Gasteiger partial charge in [0.25, 0.3) is 5.91 Å². The van der Waals surface area contributed by atoms with Gasteiger partial charge in [-0.15, -0.1) is 0 Å². The second kappa shape index (κ2) is 12.5. The minimum Gasteiger partial charge on any atom is -0.483 e. The lowest BCUT2D eigenvalue weighted by Crippen LogP contribution is -2.55. The van der Waals surface area contributed by atoms with Crippen molar-refractivity contribution in [2.24, 2.45) is 0 Å². The number of carbonyl (C=O) groups excluding carboxylic acids is 2. The molecule has 0 aromatic heterocycles. The van der Waals surface area contributed by atoms with E-state index in [1.165, 1.54) is 4.90 Å². The van der Waals surface area contributed by atoms with Crippen molar-refractivity contribution in [3.63, 3.8) is 0 Å². The second-order valence-electron chi connectivity index (χ2n) is 10.2. The predicted molar refractivity (Wildman–Crippen MR) is 150 cm³/mol. The zero-order valence-electron chi connectivity index (χ0n) is 22.0. The van der Waals surface area contributed by atoms with Crippen LogP contribution in [0.15, 0.2) is 66.7 Å². The summed E-state index contributed by atoms with van der Waals surface area (Å²) in [6, 6.07) is 19.8. The van der Waals surface area contributed by atoms with Crippen LogP contribution in [0, 0.1) is 13.8 Å². The Kier molecular flexibility index (Phi) is 9.63. The maximum Gasteiger partial charge on any atom is 0.261 e. The summed E-state index contributed by atoms with van der Waals surface area (Å²) in [5.74, 6) is 0.0179. The number of benzene rings is 3. The number of hydrogen-bond acceptors (Lipinski definition) is 3. The summed E-state index contributed by atoms with van der Waals surface area (Å²) in [6.07, 6.45) is 0.319. The summed E-state index contributed by atoms with van der Waals surface area (Å²) in [7, 11) is 0. The average Bonchev–Trinajstić information content (AvgIpc) is 2.83. The summed E-state index contributed by atoms with van der Waals surface area (Å²) in [5.41, 5.74) is 2.96. The fourth-order valence-corrected chi connectivity index (χ4v) is 4.46. The SMILES string of the molecule is Cc1ccc(C)c(OCC(=O)N(Cc2c(Cl)cccc2Cl)[C@@H](Cc2ccccc2)C(=O)NC(C)(C)C)c1. The van der Waals surface area contributed by atoms with Crippen molar-refractivity contribution >= 4 is 35.0 Å². The first-order chi connectivity index (χ1) is 17.4. The third-order valence-corrected chi connectivity index (χ3v) is 6.56. The van der Waals surface area contributed by atoms with Gasteiger partial charge in [-0.2, -0.15) is 0 Å². The molecule has 2 amide bonds. The fourth-order valence-electron chi connectivity index (χ4n) is 3.95. The van der Waals surface area contributed by atoms with E-state index in [4.69, 9.17) is 27.9 Å². The number of nitrogens with zero attached hydrogens (tertiary/aromatic N) is 1. The highest BCUT2D eigenvalue weighted by molar-refractivity contribution is 6.36. The van der Waals surface area contributed by atoms with Gasteiger partial charge in [0.15, 0.2) is 6.61 Å². The van der Waals surface area contributed by atoms with Crippen molar-refractivity contribution in [2.75, 3.05) is 6.61 Å². The van der Waals surface area contributed by atoms with Crippen molar-refractivity contribution < 1.29 is 14.3 Å². The summed E-state index contributed by atoms with van der Waals surface area (Å²) in [5, 5.41) is 3.89. The highest BCUT2D eigenvalue weighted by Gasteiger charge is 2.33. The van der Waals surface area contributed by atoms with E-state index in [-0.39, 0.29) is 25.0 Å². The molecule has 0 bridgehead atoms. The molecule has 1 N–H and O–H groups in total. The summed E-state index contributed by atoms with van der Waals surface area (Å²) in [4.78, 5) is 28.9. The molecule has 3 aromatic carbocycles. The van der Waals surface area contributed by atoms with Crippen LogP contribution in [0.3, 0.4) is 0 Å². The molecular formula is C30H34Cl2N2O3. The van der Waals surface area contributed by atoms with Crippen LogP contribution in [-0.2, 0) is 22.6 Å². The Morgan fingerprint density at radius 3 is 2.22 bits per heavy atom. The zero-order valence-corrected chi connectivity index (χ0v) is 23.5. The molecule has 0 saturated carbocycles. The number of ether oxygens (including phenoxy) is 1. The van der Waals surface area contributed by atoms with Gasteiger partial charge < -0.3 is 15.0 Å². The molecule has 1 atom stereocenters. The number of nitrogens with one attached hydrogen (secondary N) is 1. The minimum atomic E-state index is -0.816. The predicted octanol–water partition coefficient (Wildman–Crippen LogP) is 6.54. The molecule has 0 unspecified atom stereocenters. The van der Waals surface area contributed by atoms with Crippen molar-refractivity contribution in [3.05, 3.63) is 99.0 Å². The van der Waals surface area contributed by atoms with Crippen LogP contribution in [0.25, 0.3) is 0 Å². The molecule has 5 nitrogen and oxygen atoms in total. The van der Waals surface area contributed by atoms with Crippen LogP contribution >= 0.6 is 23.2 Å². The second-order valence-corrected chi connectivity index (χ2v) is 11.0. The van der Waals surface area contributed by atoms with Crippen LogP contribution < -0.4 is 10.1 Å². The monoisotopic (exact) mass is 540 g/mol. The number of amides is 2. The number of hydrogen-bond donors (Lipinski definition) is 1. The van der Waals surface area contributed by atoms with Crippen LogP contribution in [0.2, 0.25) is 10.0 Å². The largest absolute Gasteiger partial charge is 0.483 e. The Bertz CT molecular complexity index is 1220. The fraction of sp³-hybridized carbons (Fsp3) is 0.333. The van der Waals surface area contributed by atoms with E-state index in [2.05, 4.69) is 5.32 Å². The maximum atomic E-state index is 13.8. The van der Waals surface area contributed by atoms with Crippen molar-refractivity contribution in [3.8, 4) is 5.75 Å². The molecule has 0 aliphatic carbocycles. The topological polar surface area (TPSA) is 58.6 Å². The number of rotatable bonds is 9. The van der Waals surface area contributed by atoms with Crippen LogP contribution in [0.5, 0.6) is 5.75 Å². The van der Waals surface area contributed by atoms with Gasteiger partial charge in [-0.25, -0.2) is 0 Å². The first-order valence-electron chi connectivity index (χ1n) is 12.2. The Hall–Kier alpha value is -3.02. The average molecular weight is 542 g/mol. The van der Waals surface area contributed by atoms with E-state index < -0.39 is 11.6 Å². The van der Waals surface area contributed by atoms with Crippen LogP contribution in [-0.4, -0.2) is 34.9 Å². The van der Waals surface area contributed by atoms with Gasteiger partial charge >= 0.3 is 0 Å². The lowest BCUT2D eigenvalue weighted by molar-refractivity contribution is -0.143. The number of carbonyl (C=O) groups is 2. The zero-order chi connectivity index (χ0) is 27.2. The Balaban J connectivity index is 2.00. The molecule has 0 aliphatic rings. The van der Waals surface area contributed by atoms with Crippen LogP contribution in [0.4, 0.5) is 0 Å². The van der Waals surface area contributed by atoms with Gasteiger partial charge in [-0.05, 0) is 69.5 Å². The summed E-state index contributed by atoms with van der Waals surface area (Å²) >= 11 is 13.0. The Labute approximate surface area is 229 Å². The standard InChI is InChI=1S/C30H34Cl2N2O3/c1-20-14-15-21(2)27(16-20)37-19-28(35)34(18-23-24(31)12-9-13-25(23)32)26(29(36)33-30(3,4)5)17-22-10-7-6-8-11-22/h6-16,26H,17-19H2,1-5H3,(H,33,36)/t26-/m0/s1. The Morgan fingerprint density at radius 2 is 1.59 bits per heavy atom. The van der Waals surface area contributed by atoms with E-state index in [0.717, 1.165) is 16.7 Å². The van der Waals surface area contributed by atoms with E-state index >= 15 is 0 Å². The maximum absolute atomic E-state index is 13.8. The van der Waals surface area contributed by atoms with E-state index in [1.54, 1.807) is 18.2 Å². The highest BCUT2D eigenvalue weighted by Crippen LogP contribution is 2.28. The number of halogens is 2. The van der Waals surface area contributed by atoms with Gasteiger partial charge in [-0.1, -0.05) is 71.7 Å². The first-order valence-corrected chi connectivity index (χ1v) is 13.0. The molecule has 0 heterocycles. The van der Waals surface area contributed by atoms with Crippen molar-refractivity contribution in [1.29, 1.82) is 0 Å². The van der Waals surface area contributed by atoms with Gasteiger partial charge in [0, 0.05) is 34.1 Å². The molecular weight excluding hydrogens is 507 g/mol. The molecule has 0 aliphatic heterocycles. The molecule has 196 valence electrons. The smallest absolute Gasteiger partial charge is 0.261 e. The quantitative estimate of drug-likeness (QED) is 0.335. The first kappa shape index (κ1) is 28.5. The van der Waals surface area contributed by atoms with E-state index in [9.17, 15) is 9.59 Å². The minimum absolute atomic E-state index is 0.0581. The van der Waals surface area contributed by atoms with Gasteiger partial charge in [0.05, 0.1) is 0 Å².